The molecule has 2 aromatic rings. The van der Waals surface area contributed by atoms with E-state index < -0.39 is 0 Å². The van der Waals surface area contributed by atoms with Crippen LogP contribution in [0.3, 0.4) is 0 Å². The Balaban J connectivity index is 2.43. The first-order valence-corrected chi connectivity index (χ1v) is 5.53. The SMILES string of the molecule is COc1sc(-c2cccnc2)nc1Br. The van der Waals surface area contributed by atoms with E-state index in [9.17, 15) is 0 Å². The Bertz CT molecular complexity index is 430. The molecular formula is C9H7BrN2OS. The highest BCUT2D eigenvalue weighted by Gasteiger charge is 2.10. The minimum Gasteiger partial charge on any atom is -0.485 e. The summed E-state index contributed by atoms with van der Waals surface area (Å²) in [5.41, 5.74) is 1.00. The molecule has 2 heterocycles. The van der Waals surface area contributed by atoms with E-state index in [1.807, 2.05) is 12.1 Å². The topological polar surface area (TPSA) is 35.0 Å². The van der Waals surface area contributed by atoms with Gasteiger partial charge in [0.1, 0.15) is 5.01 Å². The zero-order valence-electron chi connectivity index (χ0n) is 7.40. The van der Waals surface area contributed by atoms with Crippen LogP contribution in [0.5, 0.6) is 5.06 Å². The van der Waals surface area contributed by atoms with Crippen molar-refractivity contribution in [3.8, 4) is 15.6 Å². The normalized spacial score (nSPS) is 10.1. The second kappa shape index (κ2) is 4.06. The fourth-order valence-electron chi connectivity index (χ4n) is 1.03. The van der Waals surface area contributed by atoms with E-state index in [0.717, 1.165) is 20.2 Å². The third-order valence-corrected chi connectivity index (χ3v) is 3.52. The van der Waals surface area contributed by atoms with Crippen LogP contribution in [-0.2, 0) is 0 Å². The summed E-state index contributed by atoms with van der Waals surface area (Å²) >= 11 is 4.82. The molecule has 2 rings (SSSR count). The Hall–Kier alpha value is -0.940. The van der Waals surface area contributed by atoms with E-state index in [2.05, 4.69) is 25.9 Å². The molecule has 0 N–H and O–H groups in total. The summed E-state index contributed by atoms with van der Waals surface area (Å²) < 4.78 is 5.88. The first-order valence-electron chi connectivity index (χ1n) is 3.92. The van der Waals surface area contributed by atoms with E-state index in [1.165, 1.54) is 11.3 Å². The van der Waals surface area contributed by atoms with Gasteiger partial charge in [0.05, 0.1) is 7.11 Å². The third kappa shape index (κ3) is 1.78. The predicted molar refractivity (Wildman–Crippen MR) is 59.6 cm³/mol. The fourth-order valence-corrected chi connectivity index (χ4v) is 2.49. The second-order valence-corrected chi connectivity index (χ2v) is 4.26. The summed E-state index contributed by atoms with van der Waals surface area (Å²) in [6.07, 6.45) is 3.52. The number of hydrogen-bond donors (Lipinski definition) is 0. The van der Waals surface area contributed by atoms with Crippen molar-refractivity contribution in [2.24, 2.45) is 0 Å². The molecular weight excluding hydrogens is 264 g/mol. The zero-order chi connectivity index (χ0) is 9.97. The molecule has 0 saturated carbocycles. The van der Waals surface area contributed by atoms with Crippen molar-refractivity contribution in [2.45, 2.75) is 0 Å². The molecule has 3 nitrogen and oxygen atoms in total. The van der Waals surface area contributed by atoms with Crippen molar-refractivity contribution < 1.29 is 4.74 Å². The van der Waals surface area contributed by atoms with Gasteiger partial charge in [-0.3, -0.25) is 4.98 Å². The molecule has 0 atom stereocenters. The van der Waals surface area contributed by atoms with Crippen LogP contribution >= 0.6 is 27.3 Å². The molecule has 5 heteroatoms. The van der Waals surface area contributed by atoms with Crippen molar-refractivity contribution in [1.29, 1.82) is 0 Å². The summed E-state index contributed by atoms with van der Waals surface area (Å²) in [6.45, 7) is 0. The third-order valence-electron chi connectivity index (χ3n) is 1.65. The number of methoxy groups -OCH3 is 1. The molecule has 0 bridgehead atoms. The molecule has 72 valence electrons. The van der Waals surface area contributed by atoms with E-state index in [4.69, 9.17) is 4.74 Å². The van der Waals surface area contributed by atoms with E-state index >= 15 is 0 Å². The minimum absolute atomic E-state index is 0.740. The van der Waals surface area contributed by atoms with Gasteiger partial charge in [0.2, 0.25) is 5.06 Å². The Morgan fingerprint density at radius 2 is 2.36 bits per heavy atom. The molecule has 0 aliphatic carbocycles. The van der Waals surface area contributed by atoms with Crippen molar-refractivity contribution in [3.63, 3.8) is 0 Å². The lowest BCUT2D eigenvalue weighted by Gasteiger charge is -1.92. The number of nitrogens with zero attached hydrogens (tertiary/aromatic N) is 2. The second-order valence-electron chi connectivity index (χ2n) is 2.54. The largest absolute Gasteiger partial charge is 0.485 e. The maximum Gasteiger partial charge on any atom is 0.209 e. The van der Waals surface area contributed by atoms with Crippen molar-refractivity contribution in [3.05, 3.63) is 29.1 Å². The lowest BCUT2D eigenvalue weighted by Crippen LogP contribution is -1.77. The summed E-state index contributed by atoms with van der Waals surface area (Å²) in [7, 11) is 1.63. The van der Waals surface area contributed by atoms with Crippen LogP contribution in [0.4, 0.5) is 0 Å². The standard InChI is InChI=1S/C9H7BrN2OS/c1-13-9-7(10)12-8(14-9)6-3-2-4-11-5-6/h2-5H,1H3. The van der Waals surface area contributed by atoms with Crippen LogP contribution in [-0.4, -0.2) is 17.1 Å². The Morgan fingerprint density at radius 1 is 1.50 bits per heavy atom. The van der Waals surface area contributed by atoms with E-state index in [1.54, 1.807) is 19.5 Å². The molecule has 0 radical (unpaired) electrons. The highest BCUT2D eigenvalue weighted by atomic mass is 79.9. The van der Waals surface area contributed by atoms with Crippen LogP contribution in [0, 0.1) is 0 Å². The number of pyridine rings is 1. The van der Waals surface area contributed by atoms with Gasteiger partial charge in [-0.25, -0.2) is 4.98 Å². The molecule has 0 amide bonds. The smallest absolute Gasteiger partial charge is 0.209 e. The first-order chi connectivity index (χ1) is 6.81. The Labute approximate surface area is 93.9 Å². The Morgan fingerprint density at radius 3 is 2.93 bits per heavy atom. The molecule has 0 aliphatic heterocycles. The van der Waals surface area contributed by atoms with Crippen molar-refractivity contribution in [1.82, 2.24) is 9.97 Å². The summed E-state index contributed by atoms with van der Waals surface area (Å²) in [5.74, 6) is 0. The van der Waals surface area contributed by atoms with Crippen LogP contribution in [0.1, 0.15) is 0 Å². The molecule has 2 aromatic heterocycles. The maximum atomic E-state index is 5.14. The number of hydrogen-bond acceptors (Lipinski definition) is 4. The van der Waals surface area contributed by atoms with Crippen LogP contribution in [0.15, 0.2) is 29.1 Å². The Kier molecular flexibility index (Phi) is 2.79. The van der Waals surface area contributed by atoms with Crippen LogP contribution in [0.2, 0.25) is 0 Å². The average molecular weight is 271 g/mol. The summed E-state index contributed by atoms with van der Waals surface area (Å²) in [4.78, 5) is 8.36. The lowest BCUT2D eigenvalue weighted by molar-refractivity contribution is 0.423. The monoisotopic (exact) mass is 270 g/mol. The lowest BCUT2D eigenvalue weighted by atomic mass is 10.3. The summed E-state index contributed by atoms with van der Waals surface area (Å²) in [6, 6.07) is 3.86. The van der Waals surface area contributed by atoms with Gasteiger partial charge in [-0.2, -0.15) is 0 Å². The maximum absolute atomic E-state index is 5.14. The molecule has 0 fully saturated rings. The van der Waals surface area contributed by atoms with Gasteiger partial charge in [-0.1, -0.05) is 11.3 Å². The number of aromatic nitrogens is 2. The van der Waals surface area contributed by atoms with Gasteiger partial charge in [0, 0.05) is 18.0 Å². The molecule has 0 unspecified atom stereocenters. The highest BCUT2D eigenvalue weighted by molar-refractivity contribution is 9.10. The van der Waals surface area contributed by atoms with Gasteiger partial charge in [0.15, 0.2) is 4.60 Å². The molecule has 14 heavy (non-hydrogen) atoms. The van der Waals surface area contributed by atoms with Gasteiger partial charge in [-0.05, 0) is 28.1 Å². The van der Waals surface area contributed by atoms with E-state index in [0.29, 0.717) is 0 Å². The summed E-state index contributed by atoms with van der Waals surface area (Å²) in [5, 5.41) is 1.69. The fraction of sp³-hybridized carbons (Fsp3) is 0.111. The predicted octanol–water partition coefficient (Wildman–Crippen LogP) is 2.98. The molecule has 0 aromatic carbocycles. The van der Waals surface area contributed by atoms with Crippen molar-refractivity contribution >= 4 is 27.3 Å². The van der Waals surface area contributed by atoms with Crippen LogP contribution < -0.4 is 4.74 Å². The van der Waals surface area contributed by atoms with Gasteiger partial charge < -0.3 is 4.74 Å². The first kappa shape index (κ1) is 9.61. The van der Waals surface area contributed by atoms with Gasteiger partial charge in [0.25, 0.3) is 0 Å². The number of thiazole rings is 1. The number of rotatable bonds is 2. The van der Waals surface area contributed by atoms with Crippen LogP contribution in [0.25, 0.3) is 10.6 Å². The minimum atomic E-state index is 0.740. The highest BCUT2D eigenvalue weighted by Crippen LogP contribution is 2.36. The number of halogens is 1. The molecule has 0 spiro atoms. The average Bonchev–Trinajstić information content (AvgIpc) is 2.61. The van der Waals surface area contributed by atoms with E-state index in [-0.39, 0.29) is 0 Å². The molecule has 0 aliphatic rings. The zero-order valence-corrected chi connectivity index (χ0v) is 9.80. The van der Waals surface area contributed by atoms with Gasteiger partial charge in [-0.15, -0.1) is 0 Å². The molecule has 0 saturated heterocycles. The quantitative estimate of drug-likeness (QED) is 0.842. The van der Waals surface area contributed by atoms with Crippen molar-refractivity contribution in [2.75, 3.05) is 7.11 Å². The van der Waals surface area contributed by atoms with Gasteiger partial charge >= 0.3 is 0 Å². The number of ether oxygens (including phenoxy) is 1.